The maximum absolute atomic E-state index is 9.61. The van der Waals surface area contributed by atoms with Crippen LogP contribution in [-0.4, -0.2) is 47.0 Å². The first-order valence-electron chi connectivity index (χ1n) is 6.36. The van der Waals surface area contributed by atoms with Crippen molar-refractivity contribution in [2.45, 2.75) is 31.2 Å². The van der Waals surface area contributed by atoms with Gasteiger partial charge in [-0.15, -0.1) is 0 Å². The van der Waals surface area contributed by atoms with E-state index in [-0.39, 0.29) is 23.4 Å². The maximum atomic E-state index is 9.61. The first kappa shape index (κ1) is 13.2. The van der Waals surface area contributed by atoms with Crippen LogP contribution in [0.5, 0.6) is 0 Å². The molecule has 1 fully saturated rings. The lowest BCUT2D eigenvalue weighted by Gasteiger charge is -2.27. The van der Waals surface area contributed by atoms with Crippen LogP contribution in [0.1, 0.15) is 25.7 Å². The Labute approximate surface area is 120 Å². The Balaban J connectivity index is 1.90. The molecule has 8 nitrogen and oxygen atoms in total. The largest absolute Gasteiger partial charge is 0.394 e. The summed E-state index contributed by atoms with van der Waals surface area (Å²) >= 11 is 5.91. The molecule has 1 aliphatic carbocycles. The van der Waals surface area contributed by atoms with Gasteiger partial charge in [0, 0.05) is 0 Å². The quantitative estimate of drug-likeness (QED) is 0.861. The van der Waals surface area contributed by atoms with Gasteiger partial charge in [-0.25, -0.2) is 4.98 Å². The molecule has 9 heteroatoms. The molecule has 106 valence electrons. The highest BCUT2D eigenvalue weighted by molar-refractivity contribution is 6.28. The van der Waals surface area contributed by atoms with E-state index in [4.69, 9.17) is 11.6 Å². The van der Waals surface area contributed by atoms with Crippen molar-refractivity contribution in [3.63, 3.8) is 0 Å². The highest BCUT2D eigenvalue weighted by Crippen LogP contribution is 2.32. The van der Waals surface area contributed by atoms with Crippen molar-refractivity contribution in [1.29, 1.82) is 0 Å². The van der Waals surface area contributed by atoms with E-state index in [0.717, 1.165) is 25.7 Å². The first-order chi connectivity index (χ1) is 9.71. The van der Waals surface area contributed by atoms with Crippen molar-refractivity contribution in [2.75, 3.05) is 11.9 Å². The van der Waals surface area contributed by atoms with Crippen molar-refractivity contribution in [3.8, 4) is 5.95 Å². The average molecular weight is 296 g/mol. The van der Waals surface area contributed by atoms with E-state index in [0.29, 0.717) is 5.95 Å². The Hall–Kier alpha value is -1.80. The van der Waals surface area contributed by atoms with Crippen LogP contribution in [0.25, 0.3) is 5.95 Å². The van der Waals surface area contributed by atoms with Crippen LogP contribution in [0.4, 0.5) is 5.95 Å². The van der Waals surface area contributed by atoms with Gasteiger partial charge in [0.05, 0.1) is 12.1 Å². The monoisotopic (exact) mass is 295 g/mol. The zero-order valence-electron chi connectivity index (χ0n) is 10.7. The van der Waals surface area contributed by atoms with Crippen LogP contribution in [0.2, 0.25) is 5.28 Å². The molecule has 0 aliphatic heterocycles. The molecule has 1 saturated carbocycles. The van der Waals surface area contributed by atoms with Crippen molar-refractivity contribution in [3.05, 3.63) is 17.9 Å². The Bertz CT molecular complexity index is 582. The second kappa shape index (κ2) is 5.29. The first-order valence-corrected chi connectivity index (χ1v) is 6.74. The number of hydrogen-bond acceptors (Lipinski definition) is 7. The number of aromatic nitrogens is 6. The molecule has 2 aromatic rings. The predicted octanol–water partition coefficient (Wildman–Crippen LogP) is 0.823. The van der Waals surface area contributed by atoms with Gasteiger partial charge in [-0.3, -0.25) is 0 Å². The number of aliphatic hydroxyl groups excluding tert-OH is 1. The lowest BCUT2D eigenvalue weighted by molar-refractivity contribution is 0.213. The predicted molar refractivity (Wildman–Crippen MR) is 71.7 cm³/mol. The fraction of sp³-hybridized carbons (Fsp3) is 0.545. The maximum Gasteiger partial charge on any atom is 0.258 e. The number of rotatable bonds is 4. The molecule has 0 aromatic carbocycles. The Morgan fingerprint density at radius 3 is 2.75 bits per heavy atom. The van der Waals surface area contributed by atoms with Gasteiger partial charge in [0.15, 0.2) is 0 Å². The number of nitrogens with one attached hydrogen (secondary N) is 1. The summed E-state index contributed by atoms with van der Waals surface area (Å²) < 4.78 is 1.40. The number of anilines is 1. The van der Waals surface area contributed by atoms with Crippen LogP contribution >= 0.6 is 11.6 Å². The van der Waals surface area contributed by atoms with Gasteiger partial charge in [-0.1, -0.05) is 12.8 Å². The van der Waals surface area contributed by atoms with Crippen LogP contribution in [0.15, 0.2) is 12.7 Å². The van der Waals surface area contributed by atoms with Gasteiger partial charge < -0.3 is 10.4 Å². The zero-order chi connectivity index (χ0) is 14.0. The zero-order valence-corrected chi connectivity index (χ0v) is 11.5. The topological polar surface area (TPSA) is 102 Å². The summed E-state index contributed by atoms with van der Waals surface area (Å²) in [4.78, 5) is 16.2. The normalized spacial score (nSPS) is 17.3. The van der Waals surface area contributed by atoms with Crippen molar-refractivity contribution in [2.24, 2.45) is 0 Å². The lowest BCUT2D eigenvalue weighted by atomic mass is 9.99. The minimum atomic E-state index is -0.371. The molecular weight excluding hydrogens is 282 g/mol. The number of halogens is 1. The molecule has 0 radical (unpaired) electrons. The van der Waals surface area contributed by atoms with E-state index in [1.165, 1.54) is 17.3 Å². The van der Waals surface area contributed by atoms with Gasteiger partial charge in [0.1, 0.15) is 12.7 Å². The third-order valence-corrected chi connectivity index (χ3v) is 3.63. The fourth-order valence-electron chi connectivity index (χ4n) is 2.42. The molecule has 2 N–H and O–H groups in total. The smallest absolute Gasteiger partial charge is 0.258 e. The second-order valence-corrected chi connectivity index (χ2v) is 5.18. The SMILES string of the molecule is OCC1(Nc2nc(Cl)nc(-n3cncn3)n2)CCCC1. The highest BCUT2D eigenvalue weighted by atomic mass is 35.5. The second-order valence-electron chi connectivity index (χ2n) is 4.84. The standard InChI is InChI=1S/C11H14ClN7O/c12-8-15-9(18-11(5-20)3-1-2-4-11)17-10(16-8)19-7-13-6-14-19/h6-7,20H,1-5H2,(H,15,16,17,18). The van der Waals surface area contributed by atoms with E-state index in [9.17, 15) is 5.11 Å². The van der Waals surface area contributed by atoms with Gasteiger partial charge >= 0.3 is 0 Å². The van der Waals surface area contributed by atoms with Crippen LogP contribution in [0, 0.1) is 0 Å². The Morgan fingerprint density at radius 2 is 2.10 bits per heavy atom. The molecule has 0 spiro atoms. The fourth-order valence-corrected chi connectivity index (χ4v) is 2.58. The molecule has 0 unspecified atom stereocenters. The molecule has 2 aromatic heterocycles. The molecule has 0 bridgehead atoms. The lowest BCUT2D eigenvalue weighted by Crippen LogP contribution is -2.39. The summed E-state index contributed by atoms with van der Waals surface area (Å²) in [6.07, 6.45) is 6.77. The van der Waals surface area contributed by atoms with Crippen LogP contribution in [-0.2, 0) is 0 Å². The van der Waals surface area contributed by atoms with Crippen molar-refractivity contribution < 1.29 is 5.11 Å². The molecule has 20 heavy (non-hydrogen) atoms. The van der Waals surface area contributed by atoms with E-state index in [1.54, 1.807) is 0 Å². The molecule has 3 rings (SSSR count). The molecule has 0 saturated heterocycles. The van der Waals surface area contributed by atoms with E-state index in [2.05, 4.69) is 30.4 Å². The molecule has 2 heterocycles. The summed E-state index contributed by atoms with van der Waals surface area (Å²) in [5, 5.41) is 16.8. The van der Waals surface area contributed by atoms with Gasteiger partial charge in [-0.2, -0.15) is 24.7 Å². The summed E-state index contributed by atoms with van der Waals surface area (Å²) in [5.41, 5.74) is -0.371. The van der Waals surface area contributed by atoms with Gasteiger partial charge in [0.2, 0.25) is 11.2 Å². The Morgan fingerprint density at radius 1 is 1.30 bits per heavy atom. The van der Waals surface area contributed by atoms with E-state index >= 15 is 0 Å². The summed E-state index contributed by atoms with van der Waals surface area (Å²) in [7, 11) is 0. The molecular formula is C11H14ClN7O. The van der Waals surface area contributed by atoms with Crippen molar-refractivity contribution in [1.82, 2.24) is 29.7 Å². The minimum Gasteiger partial charge on any atom is -0.394 e. The molecule has 1 aliphatic rings. The Kier molecular flexibility index (Phi) is 3.49. The molecule has 0 atom stereocenters. The van der Waals surface area contributed by atoms with Gasteiger partial charge in [0.25, 0.3) is 5.95 Å². The number of hydrogen-bond donors (Lipinski definition) is 2. The van der Waals surface area contributed by atoms with Crippen LogP contribution < -0.4 is 5.32 Å². The third kappa shape index (κ3) is 2.56. The molecule has 0 amide bonds. The summed E-state index contributed by atoms with van der Waals surface area (Å²) in [6.45, 7) is 0.0367. The van der Waals surface area contributed by atoms with Crippen molar-refractivity contribution >= 4 is 17.5 Å². The minimum absolute atomic E-state index is 0.0367. The third-order valence-electron chi connectivity index (χ3n) is 3.46. The average Bonchev–Trinajstić information content (AvgIpc) is 3.09. The van der Waals surface area contributed by atoms with Gasteiger partial charge in [-0.05, 0) is 24.4 Å². The van der Waals surface area contributed by atoms with E-state index < -0.39 is 0 Å². The number of nitrogens with zero attached hydrogens (tertiary/aromatic N) is 6. The summed E-state index contributed by atoms with van der Waals surface area (Å²) in [6, 6.07) is 0. The van der Waals surface area contributed by atoms with E-state index in [1.807, 2.05) is 0 Å². The van der Waals surface area contributed by atoms with Crippen LogP contribution in [0.3, 0.4) is 0 Å². The highest BCUT2D eigenvalue weighted by Gasteiger charge is 2.34. The number of aliphatic hydroxyl groups is 1. The summed E-state index contributed by atoms with van der Waals surface area (Å²) in [5.74, 6) is 0.627.